The monoisotopic (exact) mass is 257 g/mol. The third-order valence-electron chi connectivity index (χ3n) is 2.68. The van der Waals surface area contributed by atoms with E-state index in [0.717, 1.165) is 12.0 Å². The van der Waals surface area contributed by atoms with Gasteiger partial charge >= 0.3 is 0 Å². The van der Waals surface area contributed by atoms with Crippen molar-refractivity contribution >= 4 is 10.0 Å². The van der Waals surface area contributed by atoms with Gasteiger partial charge in [0.1, 0.15) is 5.75 Å². The van der Waals surface area contributed by atoms with Crippen molar-refractivity contribution in [2.24, 2.45) is 5.14 Å². The predicted octanol–water partition coefficient (Wildman–Crippen LogP) is 2.13. The second kappa shape index (κ2) is 5.06. The van der Waals surface area contributed by atoms with Crippen LogP contribution in [0.4, 0.5) is 0 Å². The Morgan fingerprint density at radius 3 is 2.35 bits per heavy atom. The molecule has 96 valence electrons. The molecule has 0 fully saturated rings. The maximum atomic E-state index is 11.3. The molecular weight excluding hydrogens is 238 g/mol. The van der Waals surface area contributed by atoms with Crippen molar-refractivity contribution in [3.63, 3.8) is 0 Å². The fraction of sp³-hybridized carbons (Fsp3) is 0.500. The van der Waals surface area contributed by atoms with Crippen molar-refractivity contribution in [3.8, 4) is 5.75 Å². The van der Waals surface area contributed by atoms with Crippen LogP contribution >= 0.6 is 0 Å². The van der Waals surface area contributed by atoms with E-state index in [4.69, 9.17) is 9.88 Å². The Labute approximate surface area is 103 Å². The van der Waals surface area contributed by atoms with Gasteiger partial charge in [-0.25, -0.2) is 13.6 Å². The van der Waals surface area contributed by atoms with E-state index in [2.05, 4.69) is 0 Å². The number of hydrogen-bond acceptors (Lipinski definition) is 3. The molecule has 2 N–H and O–H groups in total. The molecule has 0 saturated carbocycles. The van der Waals surface area contributed by atoms with Gasteiger partial charge in [-0.1, -0.05) is 6.92 Å². The largest absolute Gasteiger partial charge is 0.490 e. The van der Waals surface area contributed by atoms with Gasteiger partial charge in [0.05, 0.1) is 11.0 Å². The zero-order chi connectivity index (χ0) is 13.2. The first-order valence-corrected chi connectivity index (χ1v) is 7.11. The van der Waals surface area contributed by atoms with E-state index in [1.807, 2.05) is 20.8 Å². The van der Waals surface area contributed by atoms with Crippen LogP contribution in [0.2, 0.25) is 0 Å². The van der Waals surface area contributed by atoms with Crippen molar-refractivity contribution in [1.82, 2.24) is 0 Å². The van der Waals surface area contributed by atoms with Gasteiger partial charge in [0, 0.05) is 0 Å². The Balaban J connectivity index is 3.19. The van der Waals surface area contributed by atoms with E-state index in [1.165, 1.54) is 0 Å². The third kappa shape index (κ3) is 3.44. The lowest BCUT2D eigenvalue weighted by Gasteiger charge is -2.16. The molecule has 17 heavy (non-hydrogen) atoms. The molecule has 0 radical (unpaired) electrons. The topological polar surface area (TPSA) is 69.4 Å². The SMILES string of the molecule is CCC(C)Oc1cc(C)c(S(N)(=O)=O)cc1C. The normalized spacial score (nSPS) is 13.5. The first kappa shape index (κ1) is 14.0. The second-order valence-electron chi connectivity index (χ2n) is 4.26. The summed E-state index contributed by atoms with van der Waals surface area (Å²) >= 11 is 0. The number of aryl methyl sites for hydroxylation is 2. The first-order chi connectivity index (χ1) is 7.75. The summed E-state index contributed by atoms with van der Waals surface area (Å²) in [5.74, 6) is 0.712. The van der Waals surface area contributed by atoms with Gasteiger partial charge in [-0.3, -0.25) is 0 Å². The smallest absolute Gasteiger partial charge is 0.238 e. The minimum absolute atomic E-state index is 0.105. The Morgan fingerprint density at radius 1 is 1.29 bits per heavy atom. The van der Waals surface area contributed by atoms with Gasteiger partial charge in [0.25, 0.3) is 0 Å². The fourth-order valence-electron chi connectivity index (χ4n) is 1.50. The van der Waals surface area contributed by atoms with Gasteiger partial charge in [-0.15, -0.1) is 0 Å². The minimum Gasteiger partial charge on any atom is -0.490 e. The van der Waals surface area contributed by atoms with Crippen LogP contribution < -0.4 is 9.88 Å². The van der Waals surface area contributed by atoms with Crippen LogP contribution in [0, 0.1) is 13.8 Å². The third-order valence-corrected chi connectivity index (χ3v) is 3.73. The van der Waals surface area contributed by atoms with E-state index in [-0.39, 0.29) is 11.0 Å². The van der Waals surface area contributed by atoms with Gasteiger partial charge in [-0.2, -0.15) is 0 Å². The molecule has 0 aliphatic carbocycles. The van der Waals surface area contributed by atoms with Crippen molar-refractivity contribution in [2.45, 2.75) is 45.1 Å². The highest BCUT2D eigenvalue weighted by atomic mass is 32.2. The van der Waals surface area contributed by atoms with E-state index < -0.39 is 10.0 Å². The molecule has 0 spiro atoms. The highest BCUT2D eigenvalue weighted by Gasteiger charge is 2.15. The lowest BCUT2D eigenvalue weighted by molar-refractivity contribution is 0.215. The molecule has 1 unspecified atom stereocenters. The van der Waals surface area contributed by atoms with Crippen LogP contribution in [0.5, 0.6) is 5.75 Å². The van der Waals surface area contributed by atoms with Gasteiger partial charge in [-0.05, 0) is 50.5 Å². The molecule has 0 saturated heterocycles. The Bertz CT molecular complexity index is 509. The number of rotatable bonds is 4. The molecule has 1 aromatic carbocycles. The summed E-state index contributed by atoms with van der Waals surface area (Å²) in [6.45, 7) is 7.53. The predicted molar refractivity (Wildman–Crippen MR) is 67.7 cm³/mol. The summed E-state index contributed by atoms with van der Waals surface area (Å²) in [5, 5.41) is 5.14. The average Bonchev–Trinajstić information content (AvgIpc) is 2.21. The lowest BCUT2D eigenvalue weighted by Crippen LogP contribution is -2.15. The van der Waals surface area contributed by atoms with Crippen LogP contribution in [0.3, 0.4) is 0 Å². The number of nitrogens with two attached hydrogens (primary N) is 1. The number of sulfonamides is 1. The summed E-state index contributed by atoms with van der Waals surface area (Å²) in [6.07, 6.45) is 1.00. The van der Waals surface area contributed by atoms with E-state index in [1.54, 1.807) is 19.1 Å². The van der Waals surface area contributed by atoms with Crippen LogP contribution in [-0.4, -0.2) is 14.5 Å². The summed E-state index contributed by atoms with van der Waals surface area (Å²) in [7, 11) is -3.66. The fourth-order valence-corrected chi connectivity index (χ4v) is 2.35. The molecular formula is C12H19NO3S. The summed E-state index contributed by atoms with van der Waals surface area (Å²) in [5.41, 5.74) is 1.39. The van der Waals surface area contributed by atoms with Crippen molar-refractivity contribution < 1.29 is 13.2 Å². The summed E-state index contributed by atoms with van der Waals surface area (Å²) in [4.78, 5) is 0.159. The molecule has 1 rings (SSSR count). The molecule has 1 aromatic rings. The molecule has 0 amide bonds. The number of hydrogen-bond donors (Lipinski definition) is 1. The number of primary sulfonamides is 1. The van der Waals surface area contributed by atoms with Crippen molar-refractivity contribution in [1.29, 1.82) is 0 Å². The van der Waals surface area contributed by atoms with Gasteiger partial charge < -0.3 is 4.74 Å². The maximum absolute atomic E-state index is 11.3. The number of benzene rings is 1. The Morgan fingerprint density at radius 2 is 1.88 bits per heavy atom. The standard InChI is InChI=1S/C12H19NO3S/c1-5-10(4)16-11-6-9(3)12(7-8(11)2)17(13,14)15/h6-7,10H,5H2,1-4H3,(H2,13,14,15). The lowest BCUT2D eigenvalue weighted by atomic mass is 10.1. The van der Waals surface area contributed by atoms with E-state index in [0.29, 0.717) is 11.3 Å². The van der Waals surface area contributed by atoms with Crippen molar-refractivity contribution in [2.75, 3.05) is 0 Å². The molecule has 0 heterocycles. The van der Waals surface area contributed by atoms with Crippen LogP contribution in [-0.2, 0) is 10.0 Å². The number of ether oxygens (including phenoxy) is 1. The molecule has 1 atom stereocenters. The van der Waals surface area contributed by atoms with E-state index in [9.17, 15) is 8.42 Å². The molecule has 0 aliphatic rings. The second-order valence-corrected chi connectivity index (χ2v) is 5.79. The van der Waals surface area contributed by atoms with Gasteiger partial charge in [0.2, 0.25) is 10.0 Å². The highest BCUT2D eigenvalue weighted by Crippen LogP contribution is 2.26. The molecule has 0 aliphatic heterocycles. The summed E-state index contributed by atoms with van der Waals surface area (Å²) < 4.78 is 28.4. The maximum Gasteiger partial charge on any atom is 0.238 e. The highest BCUT2D eigenvalue weighted by molar-refractivity contribution is 7.89. The molecule has 4 nitrogen and oxygen atoms in total. The molecule has 0 bridgehead atoms. The molecule has 0 aromatic heterocycles. The van der Waals surface area contributed by atoms with Crippen LogP contribution in [0.25, 0.3) is 0 Å². The average molecular weight is 257 g/mol. The van der Waals surface area contributed by atoms with Crippen LogP contribution in [0.1, 0.15) is 31.4 Å². The van der Waals surface area contributed by atoms with Gasteiger partial charge in [0.15, 0.2) is 0 Å². The van der Waals surface area contributed by atoms with Crippen LogP contribution in [0.15, 0.2) is 17.0 Å². The molecule has 5 heteroatoms. The first-order valence-electron chi connectivity index (χ1n) is 5.56. The van der Waals surface area contributed by atoms with Crippen molar-refractivity contribution in [3.05, 3.63) is 23.3 Å². The van der Waals surface area contributed by atoms with E-state index >= 15 is 0 Å². The Kier molecular flexibility index (Phi) is 4.16. The zero-order valence-corrected chi connectivity index (χ0v) is 11.5. The zero-order valence-electron chi connectivity index (χ0n) is 10.6. The minimum atomic E-state index is -3.66. The Hall–Kier alpha value is -1.07. The summed E-state index contributed by atoms with van der Waals surface area (Å²) in [6, 6.07) is 3.28. The quantitative estimate of drug-likeness (QED) is 0.898.